The summed E-state index contributed by atoms with van der Waals surface area (Å²) in [5.74, 6) is 1.56. The van der Waals surface area contributed by atoms with E-state index in [1.54, 1.807) is 13.3 Å². The maximum atomic E-state index is 5.68. The second-order valence-electron chi connectivity index (χ2n) is 2.95. The third-order valence-electron chi connectivity index (χ3n) is 1.85. The second-order valence-corrected chi connectivity index (χ2v) is 3.97. The molecule has 0 atom stereocenters. The highest BCUT2D eigenvalue weighted by molar-refractivity contribution is 14.1. The van der Waals surface area contributed by atoms with Crippen molar-refractivity contribution in [3.05, 3.63) is 16.0 Å². The van der Waals surface area contributed by atoms with E-state index < -0.39 is 0 Å². The predicted octanol–water partition coefficient (Wildman–Crippen LogP) is 2.24. The van der Waals surface area contributed by atoms with Crippen molar-refractivity contribution in [1.29, 1.82) is 0 Å². The van der Waals surface area contributed by atoms with Crippen molar-refractivity contribution >= 4 is 22.6 Å². The van der Waals surface area contributed by atoms with Gasteiger partial charge < -0.3 is 9.47 Å². The van der Waals surface area contributed by atoms with Gasteiger partial charge in [0.2, 0.25) is 0 Å². The molecule has 0 N–H and O–H groups in total. The van der Waals surface area contributed by atoms with E-state index in [9.17, 15) is 0 Å². The summed E-state index contributed by atoms with van der Waals surface area (Å²) >= 11 is 2.15. The third kappa shape index (κ3) is 2.04. The number of halogens is 1. The fraction of sp³-hybridized carbons (Fsp3) is 0.444. The van der Waals surface area contributed by atoms with Crippen LogP contribution in [-0.2, 0) is 0 Å². The van der Waals surface area contributed by atoms with Crippen LogP contribution < -0.4 is 9.47 Å². The number of pyridine rings is 1. The van der Waals surface area contributed by atoms with Gasteiger partial charge in [-0.15, -0.1) is 0 Å². The van der Waals surface area contributed by atoms with Gasteiger partial charge in [0, 0.05) is 12.3 Å². The zero-order chi connectivity index (χ0) is 9.26. The molecule has 0 saturated heterocycles. The highest BCUT2D eigenvalue weighted by Crippen LogP contribution is 2.35. The van der Waals surface area contributed by atoms with Crippen LogP contribution in [0.4, 0.5) is 0 Å². The first-order chi connectivity index (χ1) is 6.31. The quantitative estimate of drug-likeness (QED) is 0.632. The molecular weight excluding hydrogens is 281 g/mol. The molecule has 0 bridgehead atoms. The summed E-state index contributed by atoms with van der Waals surface area (Å²) in [7, 11) is 1.64. The summed E-state index contributed by atoms with van der Waals surface area (Å²) in [5, 5.41) is 0. The Morgan fingerprint density at radius 1 is 1.54 bits per heavy atom. The fourth-order valence-electron chi connectivity index (χ4n) is 1.03. The lowest BCUT2D eigenvalue weighted by Crippen LogP contribution is -2.01. The molecule has 0 unspecified atom stereocenters. The van der Waals surface area contributed by atoms with E-state index in [1.165, 1.54) is 0 Å². The number of methoxy groups -OCH3 is 1. The average molecular weight is 291 g/mol. The lowest BCUT2D eigenvalue weighted by atomic mass is 10.4. The van der Waals surface area contributed by atoms with Gasteiger partial charge in [-0.1, -0.05) is 0 Å². The summed E-state index contributed by atoms with van der Waals surface area (Å²) < 4.78 is 11.7. The monoisotopic (exact) mass is 291 g/mol. The van der Waals surface area contributed by atoms with Crippen LogP contribution in [0.3, 0.4) is 0 Å². The number of aromatic nitrogens is 1. The van der Waals surface area contributed by atoms with E-state index in [0.29, 0.717) is 6.10 Å². The van der Waals surface area contributed by atoms with Gasteiger partial charge in [0.15, 0.2) is 11.5 Å². The van der Waals surface area contributed by atoms with Crippen molar-refractivity contribution in [3.8, 4) is 11.5 Å². The Hall–Kier alpha value is -0.520. The largest absolute Gasteiger partial charge is 0.493 e. The third-order valence-corrected chi connectivity index (χ3v) is 2.62. The maximum absolute atomic E-state index is 5.68. The van der Waals surface area contributed by atoms with Gasteiger partial charge in [-0.2, -0.15) is 0 Å². The topological polar surface area (TPSA) is 31.4 Å². The Bertz CT molecular complexity index is 312. The van der Waals surface area contributed by atoms with E-state index in [0.717, 1.165) is 28.0 Å². The van der Waals surface area contributed by atoms with E-state index in [-0.39, 0.29) is 0 Å². The second kappa shape index (κ2) is 3.69. The van der Waals surface area contributed by atoms with Crippen LogP contribution >= 0.6 is 22.6 Å². The molecule has 2 rings (SSSR count). The van der Waals surface area contributed by atoms with Crippen LogP contribution in [-0.4, -0.2) is 18.2 Å². The van der Waals surface area contributed by atoms with E-state index >= 15 is 0 Å². The highest BCUT2D eigenvalue weighted by Gasteiger charge is 2.26. The molecule has 1 aromatic heterocycles. The van der Waals surface area contributed by atoms with Crippen LogP contribution in [0.1, 0.15) is 12.8 Å². The van der Waals surface area contributed by atoms with E-state index in [1.807, 2.05) is 6.07 Å². The van der Waals surface area contributed by atoms with Crippen molar-refractivity contribution in [3.63, 3.8) is 0 Å². The molecule has 70 valence electrons. The average Bonchev–Trinajstić information content (AvgIpc) is 2.92. The number of nitrogens with zero attached hydrogens (tertiary/aromatic N) is 1. The number of hydrogen-bond acceptors (Lipinski definition) is 3. The molecule has 1 aliphatic rings. The van der Waals surface area contributed by atoms with Crippen LogP contribution in [0.15, 0.2) is 12.3 Å². The van der Waals surface area contributed by atoms with Gasteiger partial charge in [0.25, 0.3) is 0 Å². The van der Waals surface area contributed by atoms with Gasteiger partial charge in [0.05, 0.1) is 13.2 Å². The molecule has 1 fully saturated rings. The molecule has 0 amide bonds. The van der Waals surface area contributed by atoms with Crippen molar-refractivity contribution < 1.29 is 9.47 Å². The van der Waals surface area contributed by atoms with Gasteiger partial charge in [-0.3, -0.25) is 0 Å². The molecule has 0 radical (unpaired) electrons. The lowest BCUT2D eigenvalue weighted by molar-refractivity contribution is 0.278. The van der Waals surface area contributed by atoms with Crippen molar-refractivity contribution in [2.45, 2.75) is 18.9 Å². The highest BCUT2D eigenvalue weighted by atomic mass is 127. The molecule has 1 aliphatic carbocycles. The molecule has 0 aliphatic heterocycles. The molecule has 0 aromatic carbocycles. The van der Waals surface area contributed by atoms with Crippen molar-refractivity contribution in [2.75, 3.05) is 7.11 Å². The molecule has 0 spiro atoms. The van der Waals surface area contributed by atoms with Gasteiger partial charge in [-0.05, 0) is 35.4 Å². The molecule has 4 heteroatoms. The van der Waals surface area contributed by atoms with Gasteiger partial charge in [0.1, 0.15) is 3.70 Å². The fourth-order valence-corrected chi connectivity index (χ4v) is 1.58. The summed E-state index contributed by atoms with van der Waals surface area (Å²) in [6, 6.07) is 1.82. The molecule has 1 saturated carbocycles. The lowest BCUT2D eigenvalue weighted by Gasteiger charge is -2.10. The Balaban J connectivity index is 2.27. The minimum Gasteiger partial charge on any atom is -0.493 e. The van der Waals surface area contributed by atoms with Crippen molar-refractivity contribution in [1.82, 2.24) is 4.98 Å². The van der Waals surface area contributed by atoms with Gasteiger partial charge in [-0.25, -0.2) is 4.98 Å². The summed E-state index contributed by atoms with van der Waals surface area (Å²) in [6.45, 7) is 0. The van der Waals surface area contributed by atoms with E-state index in [4.69, 9.17) is 9.47 Å². The van der Waals surface area contributed by atoms with Crippen LogP contribution in [0.25, 0.3) is 0 Å². The number of rotatable bonds is 3. The zero-order valence-electron chi connectivity index (χ0n) is 7.29. The number of hydrogen-bond donors (Lipinski definition) is 0. The normalized spacial score (nSPS) is 15.5. The first kappa shape index (κ1) is 9.05. The smallest absolute Gasteiger partial charge is 0.193 e. The van der Waals surface area contributed by atoms with Crippen molar-refractivity contribution in [2.24, 2.45) is 0 Å². The maximum Gasteiger partial charge on any atom is 0.193 e. The standard InChI is InChI=1S/C9H10INO2/c1-12-7-4-5-11-9(10)8(7)13-6-2-3-6/h4-6H,2-3H2,1H3. The molecular formula is C9H10INO2. The SMILES string of the molecule is COc1ccnc(I)c1OC1CC1. The zero-order valence-corrected chi connectivity index (χ0v) is 9.45. The summed E-state index contributed by atoms with van der Waals surface area (Å²) in [4.78, 5) is 4.15. The van der Waals surface area contributed by atoms with Gasteiger partial charge >= 0.3 is 0 Å². The molecule has 1 heterocycles. The van der Waals surface area contributed by atoms with Crippen LogP contribution in [0, 0.1) is 3.70 Å². The summed E-state index contributed by atoms with van der Waals surface area (Å²) in [5.41, 5.74) is 0. The predicted molar refractivity (Wildman–Crippen MR) is 57.2 cm³/mol. The minimum absolute atomic E-state index is 0.381. The first-order valence-electron chi connectivity index (χ1n) is 4.16. The Kier molecular flexibility index (Phi) is 2.57. The number of ether oxygens (including phenoxy) is 2. The van der Waals surface area contributed by atoms with E-state index in [2.05, 4.69) is 27.6 Å². The minimum atomic E-state index is 0.381. The molecule has 13 heavy (non-hydrogen) atoms. The van der Waals surface area contributed by atoms with Crippen LogP contribution in [0.5, 0.6) is 11.5 Å². The Labute approximate surface area is 90.6 Å². The molecule has 3 nitrogen and oxygen atoms in total. The van der Waals surface area contributed by atoms with Crippen LogP contribution in [0.2, 0.25) is 0 Å². The Morgan fingerprint density at radius 2 is 2.31 bits per heavy atom. The first-order valence-corrected chi connectivity index (χ1v) is 5.24. The Morgan fingerprint density at radius 3 is 2.92 bits per heavy atom. The molecule has 1 aromatic rings. The summed E-state index contributed by atoms with van der Waals surface area (Å²) in [6.07, 6.45) is 4.40.